The van der Waals surface area contributed by atoms with Gasteiger partial charge in [-0.05, 0) is 55.5 Å². The number of nitrogens with zero attached hydrogens (tertiary/aromatic N) is 1. The first-order chi connectivity index (χ1) is 18.0. The monoisotopic (exact) mass is 498 g/mol. The molecule has 5 nitrogen and oxygen atoms in total. The molecule has 0 saturated heterocycles. The summed E-state index contributed by atoms with van der Waals surface area (Å²) >= 11 is 0. The van der Waals surface area contributed by atoms with Crippen LogP contribution in [0.25, 0.3) is 0 Å². The molecule has 1 atom stereocenters. The number of rotatable bonds is 10. The fraction of sp³-hybridized carbons (Fsp3) is 0.375. The van der Waals surface area contributed by atoms with E-state index in [0.29, 0.717) is 18.7 Å². The molecule has 0 unspecified atom stereocenters. The summed E-state index contributed by atoms with van der Waals surface area (Å²) < 4.78 is 5.89. The van der Waals surface area contributed by atoms with Crippen LogP contribution in [0.15, 0.2) is 78.9 Å². The second-order valence-corrected chi connectivity index (χ2v) is 10.2. The maximum Gasteiger partial charge on any atom is 0.261 e. The van der Waals surface area contributed by atoms with E-state index in [2.05, 4.69) is 5.32 Å². The predicted molar refractivity (Wildman–Crippen MR) is 147 cm³/mol. The van der Waals surface area contributed by atoms with Crippen LogP contribution in [0.3, 0.4) is 0 Å². The van der Waals surface area contributed by atoms with Crippen LogP contribution in [-0.2, 0) is 22.6 Å². The highest BCUT2D eigenvalue weighted by atomic mass is 16.5. The van der Waals surface area contributed by atoms with Gasteiger partial charge in [-0.25, -0.2) is 0 Å². The minimum absolute atomic E-state index is 0.0910. The fourth-order valence-corrected chi connectivity index (χ4v) is 4.92. The molecule has 2 amide bonds. The molecule has 0 heterocycles. The Kier molecular flexibility index (Phi) is 9.36. The molecule has 0 radical (unpaired) electrons. The summed E-state index contributed by atoms with van der Waals surface area (Å²) in [6, 6.07) is 25.2. The first-order valence-corrected chi connectivity index (χ1v) is 13.4. The van der Waals surface area contributed by atoms with Crippen molar-refractivity contribution in [2.75, 3.05) is 6.61 Å². The molecule has 5 heteroatoms. The second-order valence-electron chi connectivity index (χ2n) is 10.2. The Morgan fingerprint density at radius 2 is 1.59 bits per heavy atom. The van der Waals surface area contributed by atoms with Gasteiger partial charge in [0.05, 0.1) is 0 Å². The average Bonchev–Trinajstić information content (AvgIpc) is 2.91. The maximum absolute atomic E-state index is 13.8. The summed E-state index contributed by atoms with van der Waals surface area (Å²) in [5, 5.41) is 3.28. The number of benzene rings is 3. The summed E-state index contributed by atoms with van der Waals surface area (Å²) in [5.41, 5.74) is 4.22. The Morgan fingerprint density at radius 3 is 2.30 bits per heavy atom. The zero-order valence-electron chi connectivity index (χ0n) is 22.0. The highest BCUT2D eigenvalue weighted by molar-refractivity contribution is 5.88. The molecule has 0 spiro atoms. The Bertz CT molecular complexity index is 1150. The number of hydrogen-bond donors (Lipinski definition) is 1. The molecule has 4 rings (SSSR count). The molecular weight excluding hydrogens is 460 g/mol. The van der Waals surface area contributed by atoms with Gasteiger partial charge in [0.15, 0.2) is 6.61 Å². The number of carbonyl (C=O) groups excluding carboxylic acids is 2. The van der Waals surface area contributed by atoms with Crippen LogP contribution in [-0.4, -0.2) is 35.4 Å². The van der Waals surface area contributed by atoms with Crippen LogP contribution in [0.1, 0.15) is 54.4 Å². The van der Waals surface area contributed by atoms with Crippen molar-refractivity contribution >= 4 is 11.8 Å². The molecule has 1 aliphatic carbocycles. The number of hydrogen-bond acceptors (Lipinski definition) is 3. The third-order valence-electron chi connectivity index (χ3n) is 7.05. The summed E-state index contributed by atoms with van der Waals surface area (Å²) in [4.78, 5) is 29.2. The largest absolute Gasteiger partial charge is 0.484 e. The summed E-state index contributed by atoms with van der Waals surface area (Å²) in [6.07, 6.45) is 5.91. The van der Waals surface area contributed by atoms with E-state index < -0.39 is 6.04 Å². The van der Waals surface area contributed by atoms with Crippen molar-refractivity contribution in [2.45, 2.75) is 71.0 Å². The highest BCUT2D eigenvalue weighted by Crippen LogP contribution is 2.20. The zero-order chi connectivity index (χ0) is 26.0. The number of carbonyl (C=O) groups is 2. The second kappa shape index (κ2) is 13.1. The molecule has 0 bridgehead atoms. The SMILES string of the molecule is Cc1ccc(CN(C(=O)COc2cccc(C)c2)[C@@H](Cc2ccccc2)C(=O)NC2CCCCC2)cc1. The van der Waals surface area contributed by atoms with Gasteiger partial charge in [0.2, 0.25) is 5.91 Å². The van der Waals surface area contributed by atoms with E-state index in [-0.39, 0.29) is 24.5 Å². The van der Waals surface area contributed by atoms with Gasteiger partial charge in [0.1, 0.15) is 11.8 Å². The molecule has 1 aliphatic rings. The van der Waals surface area contributed by atoms with Crippen molar-refractivity contribution in [3.8, 4) is 5.75 Å². The first kappa shape index (κ1) is 26.5. The van der Waals surface area contributed by atoms with Crippen molar-refractivity contribution in [3.05, 3.63) is 101 Å². The first-order valence-electron chi connectivity index (χ1n) is 13.4. The van der Waals surface area contributed by atoms with Gasteiger partial charge in [-0.1, -0.05) is 91.6 Å². The third kappa shape index (κ3) is 7.94. The van der Waals surface area contributed by atoms with Crippen molar-refractivity contribution in [1.29, 1.82) is 0 Å². The summed E-state index contributed by atoms with van der Waals surface area (Å²) in [7, 11) is 0. The summed E-state index contributed by atoms with van der Waals surface area (Å²) in [6.45, 7) is 4.24. The predicted octanol–water partition coefficient (Wildman–Crippen LogP) is 5.77. The molecule has 194 valence electrons. The molecule has 1 fully saturated rings. The highest BCUT2D eigenvalue weighted by Gasteiger charge is 2.32. The van der Waals surface area contributed by atoms with Crippen molar-refractivity contribution in [2.24, 2.45) is 0 Å². The average molecular weight is 499 g/mol. The van der Waals surface area contributed by atoms with Crippen LogP contribution in [0.4, 0.5) is 0 Å². The van der Waals surface area contributed by atoms with E-state index in [4.69, 9.17) is 4.74 Å². The zero-order valence-corrected chi connectivity index (χ0v) is 22.0. The molecule has 1 N–H and O–H groups in total. The number of aryl methyl sites for hydroxylation is 2. The molecule has 0 aliphatic heterocycles. The number of amides is 2. The van der Waals surface area contributed by atoms with Crippen molar-refractivity contribution in [1.82, 2.24) is 10.2 Å². The lowest BCUT2D eigenvalue weighted by Gasteiger charge is -2.33. The van der Waals surface area contributed by atoms with E-state index in [1.807, 2.05) is 92.7 Å². The van der Waals surface area contributed by atoms with Crippen LogP contribution < -0.4 is 10.1 Å². The van der Waals surface area contributed by atoms with Crippen LogP contribution in [0.5, 0.6) is 5.75 Å². The Labute approximate surface area is 220 Å². The lowest BCUT2D eigenvalue weighted by molar-refractivity contribution is -0.143. The minimum Gasteiger partial charge on any atom is -0.484 e. The third-order valence-corrected chi connectivity index (χ3v) is 7.05. The molecule has 0 aromatic heterocycles. The topological polar surface area (TPSA) is 58.6 Å². The molecule has 3 aromatic rings. The van der Waals surface area contributed by atoms with Gasteiger partial charge in [0, 0.05) is 19.0 Å². The Balaban J connectivity index is 1.60. The fourth-order valence-electron chi connectivity index (χ4n) is 4.92. The van der Waals surface area contributed by atoms with E-state index in [0.717, 1.165) is 47.9 Å². The van der Waals surface area contributed by atoms with E-state index in [1.54, 1.807) is 4.90 Å². The molecule has 37 heavy (non-hydrogen) atoms. The summed E-state index contributed by atoms with van der Waals surface area (Å²) in [5.74, 6) is 0.350. The van der Waals surface area contributed by atoms with Crippen molar-refractivity contribution in [3.63, 3.8) is 0 Å². The lowest BCUT2D eigenvalue weighted by atomic mass is 9.94. The Morgan fingerprint density at radius 1 is 0.865 bits per heavy atom. The lowest BCUT2D eigenvalue weighted by Crippen LogP contribution is -2.53. The standard InChI is InChI=1S/C32H38N2O3/c1-24-16-18-27(19-17-24)22-34(31(35)23-37-29-15-9-10-25(2)20-29)30(21-26-11-5-3-6-12-26)32(36)33-28-13-7-4-8-14-28/h3,5-6,9-12,15-20,28,30H,4,7-8,13-14,21-23H2,1-2H3,(H,33,36)/t30-/m0/s1. The van der Waals surface area contributed by atoms with Crippen LogP contribution in [0.2, 0.25) is 0 Å². The van der Waals surface area contributed by atoms with Gasteiger partial charge in [-0.15, -0.1) is 0 Å². The van der Waals surface area contributed by atoms with Crippen LogP contribution >= 0.6 is 0 Å². The minimum atomic E-state index is -0.640. The number of nitrogens with one attached hydrogen (secondary N) is 1. The van der Waals surface area contributed by atoms with Gasteiger partial charge >= 0.3 is 0 Å². The molecule has 3 aromatic carbocycles. The molecular formula is C32H38N2O3. The van der Waals surface area contributed by atoms with Crippen molar-refractivity contribution < 1.29 is 14.3 Å². The maximum atomic E-state index is 13.8. The van der Waals surface area contributed by atoms with Gasteiger partial charge in [-0.2, -0.15) is 0 Å². The van der Waals surface area contributed by atoms with Gasteiger partial charge < -0.3 is 15.0 Å². The van der Waals surface area contributed by atoms with Crippen LogP contribution in [0, 0.1) is 13.8 Å². The Hall–Kier alpha value is -3.60. The molecule has 1 saturated carbocycles. The number of ether oxygens (including phenoxy) is 1. The van der Waals surface area contributed by atoms with Gasteiger partial charge in [-0.3, -0.25) is 9.59 Å². The van der Waals surface area contributed by atoms with Gasteiger partial charge in [0.25, 0.3) is 5.91 Å². The van der Waals surface area contributed by atoms with E-state index in [9.17, 15) is 9.59 Å². The smallest absolute Gasteiger partial charge is 0.261 e. The van der Waals surface area contributed by atoms with E-state index in [1.165, 1.54) is 6.42 Å². The quantitative estimate of drug-likeness (QED) is 0.386. The van der Waals surface area contributed by atoms with E-state index >= 15 is 0 Å². The normalized spacial score (nSPS) is 14.5.